The maximum Gasteiger partial charge on any atom is 0.0689 e. The summed E-state index contributed by atoms with van der Waals surface area (Å²) in [6.45, 7) is 6.75. The molecule has 0 bridgehead atoms. The summed E-state index contributed by atoms with van der Waals surface area (Å²) in [4.78, 5) is 0. The summed E-state index contributed by atoms with van der Waals surface area (Å²) < 4.78 is 0. The topological polar surface area (TPSA) is 23.8 Å². The number of nitriles is 1. The highest BCUT2D eigenvalue weighted by Gasteiger charge is 2.38. The van der Waals surface area contributed by atoms with Crippen LogP contribution in [0.1, 0.15) is 59.3 Å². The second kappa shape index (κ2) is 4.82. The molecule has 1 aliphatic carbocycles. The lowest BCUT2D eigenvalue weighted by Gasteiger charge is -2.21. The molecule has 0 aliphatic heterocycles. The predicted molar refractivity (Wildman–Crippen MR) is 59.8 cm³/mol. The second-order valence-electron chi connectivity index (χ2n) is 5.34. The van der Waals surface area contributed by atoms with E-state index in [1.807, 2.05) is 0 Å². The zero-order valence-corrected chi connectivity index (χ0v) is 9.84. The van der Waals surface area contributed by atoms with Crippen LogP contribution >= 0.6 is 0 Å². The molecule has 2 unspecified atom stereocenters. The molecule has 0 aromatic heterocycles. The van der Waals surface area contributed by atoms with Gasteiger partial charge in [0.15, 0.2) is 0 Å². The van der Waals surface area contributed by atoms with Gasteiger partial charge in [-0.1, -0.05) is 27.2 Å². The Morgan fingerprint density at radius 3 is 2.64 bits per heavy atom. The van der Waals surface area contributed by atoms with Crippen LogP contribution < -0.4 is 0 Å². The molecule has 1 nitrogen and oxygen atoms in total. The van der Waals surface area contributed by atoms with Crippen molar-refractivity contribution in [3.63, 3.8) is 0 Å². The molecule has 14 heavy (non-hydrogen) atoms. The normalized spacial score (nSPS) is 32.1. The van der Waals surface area contributed by atoms with Gasteiger partial charge in [-0.15, -0.1) is 0 Å². The molecule has 0 radical (unpaired) electrons. The third-order valence-electron chi connectivity index (χ3n) is 3.73. The Kier molecular flexibility index (Phi) is 3.98. The standard InChI is InChI=1S/C13H23N/c1-4-12-6-8-13(9-12,10-14)7-5-11(2)3/h11-12H,4-9H2,1-3H3. The van der Waals surface area contributed by atoms with Gasteiger partial charge in [0.25, 0.3) is 0 Å². The summed E-state index contributed by atoms with van der Waals surface area (Å²) in [6, 6.07) is 2.60. The van der Waals surface area contributed by atoms with E-state index < -0.39 is 0 Å². The molecule has 0 aromatic carbocycles. The van der Waals surface area contributed by atoms with Crippen molar-refractivity contribution in [3.8, 4) is 6.07 Å². The minimum absolute atomic E-state index is 0.0466. The van der Waals surface area contributed by atoms with Crippen molar-refractivity contribution in [2.24, 2.45) is 17.3 Å². The first-order chi connectivity index (χ1) is 6.62. The van der Waals surface area contributed by atoms with E-state index in [0.717, 1.165) is 31.1 Å². The molecule has 80 valence electrons. The van der Waals surface area contributed by atoms with Gasteiger partial charge in [0.05, 0.1) is 11.5 Å². The van der Waals surface area contributed by atoms with Gasteiger partial charge in [0.2, 0.25) is 0 Å². The van der Waals surface area contributed by atoms with Gasteiger partial charge >= 0.3 is 0 Å². The number of hydrogen-bond donors (Lipinski definition) is 0. The van der Waals surface area contributed by atoms with Crippen LogP contribution in [0, 0.1) is 28.6 Å². The van der Waals surface area contributed by atoms with Gasteiger partial charge in [-0.2, -0.15) is 5.26 Å². The van der Waals surface area contributed by atoms with Crippen molar-refractivity contribution < 1.29 is 0 Å². The molecule has 0 heterocycles. The molecule has 1 heteroatoms. The summed E-state index contributed by atoms with van der Waals surface area (Å²) in [5.41, 5.74) is 0.0466. The van der Waals surface area contributed by atoms with Crippen LogP contribution in [0.2, 0.25) is 0 Å². The molecule has 0 saturated heterocycles. The Morgan fingerprint density at radius 1 is 1.50 bits per heavy atom. The minimum Gasteiger partial charge on any atom is -0.198 e. The zero-order chi connectivity index (χ0) is 10.6. The third-order valence-corrected chi connectivity index (χ3v) is 3.73. The van der Waals surface area contributed by atoms with Crippen molar-refractivity contribution in [2.75, 3.05) is 0 Å². The highest BCUT2D eigenvalue weighted by molar-refractivity contribution is 5.03. The monoisotopic (exact) mass is 193 g/mol. The Hall–Kier alpha value is -0.510. The lowest BCUT2D eigenvalue weighted by molar-refractivity contribution is 0.323. The van der Waals surface area contributed by atoms with E-state index in [4.69, 9.17) is 0 Å². The van der Waals surface area contributed by atoms with Gasteiger partial charge < -0.3 is 0 Å². The van der Waals surface area contributed by atoms with Crippen molar-refractivity contribution in [3.05, 3.63) is 0 Å². The fraction of sp³-hybridized carbons (Fsp3) is 0.923. The van der Waals surface area contributed by atoms with Gasteiger partial charge in [0.1, 0.15) is 0 Å². The van der Waals surface area contributed by atoms with Crippen LogP contribution in [0.15, 0.2) is 0 Å². The quantitative estimate of drug-likeness (QED) is 0.658. The molecule has 2 atom stereocenters. The molecule has 1 saturated carbocycles. The highest BCUT2D eigenvalue weighted by Crippen LogP contribution is 2.46. The molecular weight excluding hydrogens is 170 g/mol. The van der Waals surface area contributed by atoms with Crippen molar-refractivity contribution >= 4 is 0 Å². The fourth-order valence-electron chi connectivity index (χ4n) is 2.54. The van der Waals surface area contributed by atoms with E-state index in [1.165, 1.54) is 19.3 Å². The van der Waals surface area contributed by atoms with Crippen LogP contribution in [0.3, 0.4) is 0 Å². The fourth-order valence-corrected chi connectivity index (χ4v) is 2.54. The molecular formula is C13H23N. The van der Waals surface area contributed by atoms with E-state index >= 15 is 0 Å². The maximum atomic E-state index is 9.29. The predicted octanol–water partition coefficient (Wildman–Crippen LogP) is 4.14. The van der Waals surface area contributed by atoms with Crippen LogP contribution in [0.5, 0.6) is 0 Å². The molecule has 1 rings (SSSR count). The van der Waals surface area contributed by atoms with E-state index in [9.17, 15) is 5.26 Å². The average molecular weight is 193 g/mol. The van der Waals surface area contributed by atoms with Crippen molar-refractivity contribution in [1.82, 2.24) is 0 Å². The van der Waals surface area contributed by atoms with E-state index in [-0.39, 0.29) is 5.41 Å². The van der Waals surface area contributed by atoms with E-state index in [1.54, 1.807) is 0 Å². The van der Waals surface area contributed by atoms with Gasteiger partial charge in [-0.05, 0) is 43.9 Å². The number of hydrogen-bond acceptors (Lipinski definition) is 1. The van der Waals surface area contributed by atoms with E-state index in [2.05, 4.69) is 26.8 Å². The highest BCUT2D eigenvalue weighted by atomic mass is 14.4. The minimum atomic E-state index is 0.0466. The van der Waals surface area contributed by atoms with Crippen molar-refractivity contribution in [2.45, 2.75) is 59.3 Å². The van der Waals surface area contributed by atoms with Crippen LogP contribution in [-0.2, 0) is 0 Å². The van der Waals surface area contributed by atoms with Gasteiger partial charge in [-0.3, -0.25) is 0 Å². The average Bonchev–Trinajstić information content (AvgIpc) is 2.59. The molecule has 1 fully saturated rings. The molecule has 0 aromatic rings. The lowest BCUT2D eigenvalue weighted by atomic mass is 9.80. The molecule has 0 spiro atoms. The Morgan fingerprint density at radius 2 is 2.21 bits per heavy atom. The Balaban J connectivity index is 2.49. The van der Waals surface area contributed by atoms with Gasteiger partial charge in [0, 0.05) is 0 Å². The first-order valence-corrected chi connectivity index (χ1v) is 6.03. The van der Waals surface area contributed by atoms with Crippen molar-refractivity contribution in [1.29, 1.82) is 5.26 Å². The summed E-state index contributed by atoms with van der Waals surface area (Å²) in [5, 5.41) is 9.29. The summed E-state index contributed by atoms with van der Waals surface area (Å²) in [7, 11) is 0. The van der Waals surface area contributed by atoms with Crippen LogP contribution in [0.25, 0.3) is 0 Å². The van der Waals surface area contributed by atoms with Crippen LogP contribution in [0.4, 0.5) is 0 Å². The summed E-state index contributed by atoms with van der Waals surface area (Å²) in [6.07, 6.45) is 7.18. The summed E-state index contributed by atoms with van der Waals surface area (Å²) in [5.74, 6) is 1.56. The first-order valence-electron chi connectivity index (χ1n) is 6.03. The second-order valence-corrected chi connectivity index (χ2v) is 5.34. The summed E-state index contributed by atoms with van der Waals surface area (Å²) >= 11 is 0. The number of nitrogens with zero attached hydrogens (tertiary/aromatic N) is 1. The maximum absolute atomic E-state index is 9.29. The smallest absolute Gasteiger partial charge is 0.0689 e. The Labute approximate surface area is 88.5 Å². The Bertz CT molecular complexity index is 214. The van der Waals surface area contributed by atoms with Crippen LogP contribution in [-0.4, -0.2) is 0 Å². The zero-order valence-electron chi connectivity index (χ0n) is 9.84. The lowest BCUT2D eigenvalue weighted by Crippen LogP contribution is -2.15. The number of rotatable bonds is 4. The van der Waals surface area contributed by atoms with E-state index in [0.29, 0.717) is 0 Å². The largest absolute Gasteiger partial charge is 0.198 e. The molecule has 0 amide bonds. The SMILES string of the molecule is CCC1CCC(C#N)(CCC(C)C)C1. The van der Waals surface area contributed by atoms with Gasteiger partial charge in [-0.25, -0.2) is 0 Å². The third kappa shape index (κ3) is 2.74. The first kappa shape index (κ1) is 11.6. The molecule has 0 N–H and O–H groups in total. The molecule has 1 aliphatic rings.